The molecule has 2 amide bonds. The Kier molecular flexibility index (Phi) is 5.31. The quantitative estimate of drug-likeness (QED) is 0.705. The normalized spacial score (nSPS) is 12.2. The fourth-order valence-corrected chi connectivity index (χ4v) is 1.32. The highest BCUT2D eigenvalue weighted by molar-refractivity contribution is 5.89. The standard InChI is InChI=1S/C11H18N4O4/c1-7(2)15-6-8(4-13-15)14-11(18)12-5-9(19-3)10(16)17/h4,6-7,9H,5H2,1-3H3,(H,16,17)(H2,12,14,18). The number of anilines is 1. The van der Waals surface area contributed by atoms with Crippen LogP contribution in [0.1, 0.15) is 19.9 Å². The van der Waals surface area contributed by atoms with Crippen molar-refractivity contribution in [3.8, 4) is 0 Å². The van der Waals surface area contributed by atoms with Gasteiger partial charge in [-0.05, 0) is 13.8 Å². The van der Waals surface area contributed by atoms with Crippen molar-refractivity contribution < 1.29 is 19.4 Å². The van der Waals surface area contributed by atoms with Gasteiger partial charge >= 0.3 is 12.0 Å². The largest absolute Gasteiger partial charge is 0.479 e. The monoisotopic (exact) mass is 270 g/mol. The van der Waals surface area contributed by atoms with Crippen molar-refractivity contribution in [1.82, 2.24) is 15.1 Å². The number of rotatable bonds is 6. The van der Waals surface area contributed by atoms with E-state index in [9.17, 15) is 9.59 Å². The smallest absolute Gasteiger partial charge is 0.334 e. The Balaban J connectivity index is 2.44. The molecule has 1 heterocycles. The van der Waals surface area contributed by atoms with Crippen molar-refractivity contribution in [3.05, 3.63) is 12.4 Å². The molecule has 0 spiro atoms. The number of hydrogen-bond acceptors (Lipinski definition) is 4. The van der Waals surface area contributed by atoms with E-state index >= 15 is 0 Å². The van der Waals surface area contributed by atoms with Crippen molar-refractivity contribution in [2.24, 2.45) is 0 Å². The van der Waals surface area contributed by atoms with E-state index in [0.717, 1.165) is 0 Å². The molecule has 1 rings (SSSR count). The predicted molar refractivity (Wildman–Crippen MR) is 68.1 cm³/mol. The number of methoxy groups -OCH3 is 1. The molecule has 3 N–H and O–H groups in total. The van der Waals surface area contributed by atoms with Crippen molar-refractivity contribution in [2.75, 3.05) is 19.0 Å². The molecule has 0 radical (unpaired) electrons. The number of carboxylic acids is 1. The third kappa shape index (κ3) is 4.59. The lowest BCUT2D eigenvalue weighted by atomic mass is 10.3. The third-order valence-corrected chi connectivity index (χ3v) is 2.40. The molecule has 19 heavy (non-hydrogen) atoms. The zero-order valence-corrected chi connectivity index (χ0v) is 11.1. The average molecular weight is 270 g/mol. The van der Waals surface area contributed by atoms with Crippen LogP contribution in [0.15, 0.2) is 12.4 Å². The van der Waals surface area contributed by atoms with Gasteiger partial charge in [-0.2, -0.15) is 5.10 Å². The van der Waals surface area contributed by atoms with E-state index in [1.165, 1.54) is 13.3 Å². The average Bonchev–Trinajstić information content (AvgIpc) is 2.78. The van der Waals surface area contributed by atoms with Gasteiger partial charge in [-0.3, -0.25) is 4.68 Å². The zero-order valence-electron chi connectivity index (χ0n) is 11.1. The van der Waals surface area contributed by atoms with Gasteiger partial charge in [0.05, 0.1) is 18.4 Å². The van der Waals surface area contributed by atoms with Gasteiger partial charge in [0.15, 0.2) is 6.10 Å². The van der Waals surface area contributed by atoms with Gasteiger partial charge in [0, 0.05) is 19.3 Å². The number of carbonyl (C=O) groups excluding carboxylic acids is 1. The third-order valence-electron chi connectivity index (χ3n) is 2.40. The molecule has 1 aromatic rings. The molecule has 0 aliphatic rings. The summed E-state index contributed by atoms with van der Waals surface area (Å²) in [6.45, 7) is 3.82. The van der Waals surface area contributed by atoms with Crippen molar-refractivity contribution in [3.63, 3.8) is 0 Å². The maximum atomic E-state index is 11.5. The number of urea groups is 1. The summed E-state index contributed by atoms with van der Waals surface area (Å²) in [6, 6.07) is -0.310. The highest BCUT2D eigenvalue weighted by Crippen LogP contribution is 2.09. The van der Waals surface area contributed by atoms with Crippen molar-refractivity contribution in [2.45, 2.75) is 26.0 Å². The number of aliphatic carboxylic acids is 1. The fraction of sp³-hybridized carbons (Fsp3) is 0.545. The maximum Gasteiger partial charge on any atom is 0.334 e. The Hall–Kier alpha value is -2.09. The van der Waals surface area contributed by atoms with E-state index < -0.39 is 18.1 Å². The second-order valence-corrected chi connectivity index (χ2v) is 4.20. The van der Waals surface area contributed by atoms with Gasteiger partial charge in [0.1, 0.15) is 0 Å². The minimum Gasteiger partial charge on any atom is -0.479 e. The molecule has 0 aromatic carbocycles. The Morgan fingerprint density at radius 1 is 1.53 bits per heavy atom. The molecule has 0 bridgehead atoms. The number of ether oxygens (including phenoxy) is 1. The van der Waals surface area contributed by atoms with Crippen LogP contribution in [0.2, 0.25) is 0 Å². The predicted octanol–water partition coefficient (Wildman–Crippen LogP) is 0.685. The highest BCUT2D eigenvalue weighted by Gasteiger charge is 2.17. The lowest BCUT2D eigenvalue weighted by Gasteiger charge is -2.11. The van der Waals surface area contributed by atoms with Crippen LogP contribution >= 0.6 is 0 Å². The summed E-state index contributed by atoms with van der Waals surface area (Å²) in [5, 5.41) is 17.8. The number of hydrogen-bond donors (Lipinski definition) is 3. The highest BCUT2D eigenvalue weighted by atomic mass is 16.5. The van der Waals surface area contributed by atoms with Crippen LogP contribution in [0.3, 0.4) is 0 Å². The molecule has 0 fully saturated rings. The molecule has 1 atom stereocenters. The van der Waals surface area contributed by atoms with Crippen LogP contribution in [0.4, 0.5) is 10.5 Å². The summed E-state index contributed by atoms with van der Waals surface area (Å²) < 4.78 is 6.39. The summed E-state index contributed by atoms with van der Waals surface area (Å²) in [4.78, 5) is 22.2. The Morgan fingerprint density at radius 3 is 2.68 bits per heavy atom. The van der Waals surface area contributed by atoms with Crippen LogP contribution < -0.4 is 10.6 Å². The fourth-order valence-electron chi connectivity index (χ4n) is 1.32. The first-order valence-corrected chi connectivity index (χ1v) is 5.78. The van der Waals surface area contributed by atoms with E-state index in [0.29, 0.717) is 5.69 Å². The molecular weight excluding hydrogens is 252 g/mol. The topological polar surface area (TPSA) is 105 Å². The number of nitrogens with one attached hydrogen (secondary N) is 2. The second kappa shape index (κ2) is 6.74. The molecule has 0 aliphatic heterocycles. The molecular formula is C11H18N4O4. The minimum absolute atomic E-state index is 0.115. The van der Waals surface area contributed by atoms with Gasteiger partial charge in [-0.25, -0.2) is 9.59 Å². The number of amides is 2. The molecule has 1 aromatic heterocycles. The molecule has 8 nitrogen and oxygen atoms in total. The van der Waals surface area contributed by atoms with Gasteiger partial charge in [0.2, 0.25) is 0 Å². The first-order chi connectivity index (χ1) is 8.93. The number of carboxylic acid groups (broad SMARTS) is 1. The van der Waals surface area contributed by atoms with E-state index in [1.807, 2.05) is 13.8 Å². The maximum absolute atomic E-state index is 11.5. The lowest BCUT2D eigenvalue weighted by Crippen LogP contribution is -2.39. The van der Waals surface area contributed by atoms with E-state index in [1.54, 1.807) is 10.9 Å². The summed E-state index contributed by atoms with van der Waals surface area (Å²) in [5.74, 6) is -1.13. The Bertz CT molecular complexity index is 444. The molecule has 0 saturated carbocycles. The summed E-state index contributed by atoms with van der Waals surface area (Å²) in [6.07, 6.45) is 2.14. The molecule has 0 saturated heterocycles. The van der Waals surface area contributed by atoms with Gasteiger partial charge < -0.3 is 20.5 Å². The first-order valence-electron chi connectivity index (χ1n) is 5.78. The Labute approximate surface area is 110 Å². The van der Waals surface area contributed by atoms with Crippen LogP contribution in [0.25, 0.3) is 0 Å². The Morgan fingerprint density at radius 2 is 2.21 bits per heavy atom. The van der Waals surface area contributed by atoms with Gasteiger partial charge in [0.25, 0.3) is 0 Å². The summed E-state index contributed by atoms with van der Waals surface area (Å²) >= 11 is 0. The summed E-state index contributed by atoms with van der Waals surface area (Å²) in [5.41, 5.74) is 0.537. The second-order valence-electron chi connectivity index (χ2n) is 4.20. The number of carbonyl (C=O) groups is 2. The summed E-state index contributed by atoms with van der Waals surface area (Å²) in [7, 11) is 1.27. The number of nitrogens with zero attached hydrogens (tertiary/aromatic N) is 2. The van der Waals surface area contributed by atoms with Crippen molar-refractivity contribution >= 4 is 17.7 Å². The minimum atomic E-state index is -1.13. The van der Waals surface area contributed by atoms with Gasteiger partial charge in [-0.1, -0.05) is 0 Å². The van der Waals surface area contributed by atoms with Crippen LogP contribution in [0, 0.1) is 0 Å². The molecule has 106 valence electrons. The van der Waals surface area contributed by atoms with E-state index in [4.69, 9.17) is 5.11 Å². The van der Waals surface area contributed by atoms with E-state index in [-0.39, 0.29) is 12.6 Å². The van der Waals surface area contributed by atoms with Crippen molar-refractivity contribution in [1.29, 1.82) is 0 Å². The number of aromatic nitrogens is 2. The molecule has 1 unspecified atom stereocenters. The van der Waals surface area contributed by atoms with Crippen LogP contribution in [-0.4, -0.2) is 46.6 Å². The first kappa shape index (κ1) is 15.0. The van der Waals surface area contributed by atoms with E-state index in [2.05, 4.69) is 20.5 Å². The zero-order chi connectivity index (χ0) is 14.4. The van der Waals surface area contributed by atoms with Crippen LogP contribution in [-0.2, 0) is 9.53 Å². The molecule has 8 heteroatoms. The van der Waals surface area contributed by atoms with Crippen LogP contribution in [0.5, 0.6) is 0 Å². The van der Waals surface area contributed by atoms with Gasteiger partial charge in [-0.15, -0.1) is 0 Å². The lowest BCUT2D eigenvalue weighted by molar-refractivity contribution is -0.147. The molecule has 0 aliphatic carbocycles. The SMILES string of the molecule is COC(CNC(=O)Nc1cnn(C(C)C)c1)C(=O)O.